The molecule has 2 nitrogen and oxygen atoms in total. The summed E-state index contributed by atoms with van der Waals surface area (Å²) in [5, 5.41) is 0. The van der Waals surface area contributed by atoms with Crippen molar-refractivity contribution in [2.75, 3.05) is 23.5 Å². The maximum atomic E-state index is 3.27. The third-order valence-electron chi connectivity index (χ3n) is 2.92. The van der Waals surface area contributed by atoms with E-state index in [1.807, 2.05) is 18.2 Å². The molecule has 3 heteroatoms. The number of hydrogen-bond donors (Lipinski definition) is 0. The average molecular weight is 327 g/mol. The van der Waals surface area contributed by atoms with Gasteiger partial charge in [-0.2, -0.15) is 24.3 Å². The number of anilines is 3. The molecule has 95 valence electrons. The molecule has 2 aromatic carbocycles. The molecule has 0 spiro atoms. The molecule has 1 heterocycles. The van der Waals surface area contributed by atoms with Crippen molar-refractivity contribution in [3.05, 3.63) is 62.0 Å². The summed E-state index contributed by atoms with van der Waals surface area (Å²) in [6, 6.07) is 19.8. The van der Waals surface area contributed by atoms with Gasteiger partial charge < -0.3 is 17.2 Å². The van der Waals surface area contributed by atoms with Crippen molar-refractivity contribution >= 4 is 17.1 Å². The number of hydrogen-bond acceptors (Lipinski definition) is 2. The Hall–Kier alpha value is -1.34. The molecule has 0 aliphatic carbocycles. The van der Waals surface area contributed by atoms with E-state index >= 15 is 0 Å². The maximum Gasteiger partial charge on any atom is 2.00 e. The van der Waals surface area contributed by atoms with Crippen LogP contribution < -0.4 is 9.80 Å². The summed E-state index contributed by atoms with van der Waals surface area (Å²) in [6.07, 6.45) is 0. The maximum absolute atomic E-state index is 3.27. The number of nitrogens with zero attached hydrogens (tertiary/aromatic N) is 2. The van der Waals surface area contributed by atoms with Gasteiger partial charge in [-0.1, -0.05) is 17.8 Å². The normalized spacial score (nSPS) is 12.5. The van der Waals surface area contributed by atoms with E-state index in [0.29, 0.717) is 0 Å². The number of benzene rings is 2. The molecule has 0 bridgehead atoms. The van der Waals surface area contributed by atoms with Crippen LogP contribution >= 0.6 is 0 Å². The number of para-hydroxylation sites is 3. The summed E-state index contributed by atoms with van der Waals surface area (Å²) >= 11 is 0. The van der Waals surface area contributed by atoms with E-state index in [1.165, 1.54) is 11.4 Å². The van der Waals surface area contributed by atoms with Gasteiger partial charge in [-0.3, -0.25) is 0 Å². The summed E-state index contributed by atoms with van der Waals surface area (Å²) in [4.78, 5) is 4.52. The first-order valence-electron chi connectivity index (χ1n) is 5.41. The molecule has 0 saturated heterocycles. The van der Waals surface area contributed by atoms with Gasteiger partial charge in [-0.25, -0.2) is 0 Å². The predicted octanol–water partition coefficient (Wildman–Crippen LogP) is 3.48. The van der Waals surface area contributed by atoms with Crippen LogP contribution in [0.2, 0.25) is 0 Å². The van der Waals surface area contributed by atoms with Crippen LogP contribution in [0.4, 0.5) is 17.1 Å². The van der Waals surface area contributed by atoms with Crippen LogP contribution in [0.15, 0.2) is 48.5 Å². The molecule has 0 atom stereocenters. The fourth-order valence-corrected chi connectivity index (χ4v) is 2.14. The topological polar surface area (TPSA) is 6.48 Å². The van der Waals surface area contributed by atoms with Gasteiger partial charge in [0.05, 0.1) is 18.0 Å². The third kappa shape index (κ3) is 2.42. The van der Waals surface area contributed by atoms with Crippen molar-refractivity contribution in [1.29, 1.82) is 0 Å². The Morgan fingerprint density at radius 1 is 1.00 bits per heavy atom. The molecule has 1 aliphatic heterocycles. The molecule has 0 N–H and O–H groups in total. The molecule has 0 aromatic heterocycles. The third-order valence-corrected chi connectivity index (χ3v) is 2.92. The molecule has 3 rings (SSSR count). The van der Waals surface area contributed by atoms with Gasteiger partial charge in [0.15, 0.2) is 0 Å². The zero-order valence-corrected chi connectivity index (χ0v) is 12.2. The van der Waals surface area contributed by atoms with Gasteiger partial charge in [0.25, 0.3) is 0 Å². The summed E-state index contributed by atoms with van der Waals surface area (Å²) in [5.74, 6) is 0. The predicted molar refractivity (Wildman–Crippen MR) is 73.5 cm³/mol. The Kier molecular flexibility index (Phi) is 4.92. The molecule has 0 saturated carbocycles. The summed E-state index contributed by atoms with van der Waals surface area (Å²) in [5.41, 5.74) is 3.66. The molecule has 2 aromatic rings. The molecular formula is C15H16N2Rh. The molecule has 18 heavy (non-hydrogen) atoms. The van der Waals surface area contributed by atoms with Crippen LogP contribution in [0, 0.1) is 13.5 Å². The van der Waals surface area contributed by atoms with Gasteiger partial charge in [-0.15, -0.1) is 6.07 Å². The smallest absolute Gasteiger partial charge is 0.358 e. The Labute approximate surface area is 122 Å². The van der Waals surface area contributed by atoms with Crippen LogP contribution in [0.25, 0.3) is 0 Å². The van der Waals surface area contributed by atoms with E-state index in [0.717, 1.165) is 12.4 Å². The van der Waals surface area contributed by atoms with Crippen molar-refractivity contribution in [3.63, 3.8) is 0 Å². The van der Waals surface area contributed by atoms with Crippen LogP contribution in [0.5, 0.6) is 0 Å². The quantitative estimate of drug-likeness (QED) is 0.584. The molecule has 0 unspecified atom stereocenters. The van der Waals surface area contributed by atoms with E-state index in [2.05, 4.69) is 53.2 Å². The Morgan fingerprint density at radius 3 is 2.33 bits per heavy atom. The van der Waals surface area contributed by atoms with E-state index in [-0.39, 0.29) is 26.9 Å². The minimum Gasteiger partial charge on any atom is -0.358 e. The minimum absolute atomic E-state index is 0. The van der Waals surface area contributed by atoms with Crippen LogP contribution in [-0.2, 0) is 19.5 Å². The summed E-state index contributed by atoms with van der Waals surface area (Å²) in [6.45, 7) is 0.889. The number of fused-ring (bicyclic) bond motifs is 1. The van der Waals surface area contributed by atoms with Crippen molar-refractivity contribution in [2.24, 2.45) is 0 Å². The van der Waals surface area contributed by atoms with Gasteiger partial charge >= 0.3 is 19.5 Å². The van der Waals surface area contributed by atoms with Crippen molar-refractivity contribution in [2.45, 2.75) is 0 Å². The van der Waals surface area contributed by atoms with Crippen molar-refractivity contribution in [3.8, 4) is 0 Å². The first-order chi connectivity index (χ1) is 7.86. The monoisotopic (exact) mass is 327 g/mol. The second-order valence-electron chi connectivity index (χ2n) is 4.00. The van der Waals surface area contributed by atoms with Crippen molar-refractivity contribution < 1.29 is 19.5 Å². The van der Waals surface area contributed by atoms with Gasteiger partial charge in [-0.05, 0) is 12.1 Å². The summed E-state index contributed by atoms with van der Waals surface area (Å²) in [7, 11) is 2.11. The van der Waals surface area contributed by atoms with Gasteiger partial charge in [0.2, 0.25) is 0 Å². The van der Waals surface area contributed by atoms with E-state index in [9.17, 15) is 0 Å². The van der Waals surface area contributed by atoms with Gasteiger partial charge in [0.1, 0.15) is 0 Å². The van der Waals surface area contributed by atoms with E-state index in [1.54, 1.807) is 0 Å². The zero-order valence-electron chi connectivity index (χ0n) is 10.6. The first kappa shape index (κ1) is 14.7. The van der Waals surface area contributed by atoms with E-state index < -0.39 is 0 Å². The first-order valence-corrected chi connectivity index (χ1v) is 5.41. The second-order valence-corrected chi connectivity index (χ2v) is 4.00. The van der Waals surface area contributed by atoms with Gasteiger partial charge in [0, 0.05) is 7.05 Å². The zero-order chi connectivity index (χ0) is 11.0. The number of rotatable bonds is 1. The fourth-order valence-electron chi connectivity index (χ4n) is 2.14. The largest absolute Gasteiger partial charge is 2.00 e. The van der Waals surface area contributed by atoms with Crippen LogP contribution in [-0.4, -0.2) is 13.7 Å². The molecule has 1 aliphatic rings. The molecular weight excluding hydrogens is 311 g/mol. The van der Waals surface area contributed by atoms with E-state index in [4.69, 9.17) is 0 Å². The standard InChI is InChI=1S/C14H13N2.CH3.Rh/c1-15-11-16(12-7-3-2-4-8-12)14-10-6-5-9-13(14)15;;/h2-7,9-10H,11H2,1H3;1H3;/q2*-1;+2. The molecule has 0 amide bonds. The molecule has 1 radical (unpaired) electrons. The average Bonchev–Trinajstić information content (AvgIpc) is 2.69. The van der Waals surface area contributed by atoms with Crippen LogP contribution in [0.3, 0.4) is 0 Å². The second kappa shape index (κ2) is 6.01. The Bertz CT molecular complexity index is 499. The van der Waals surface area contributed by atoms with Crippen LogP contribution in [0.1, 0.15) is 0 Å². The fraction of sp³-hybridized carbons (Fsp3) is 0.133. The summed E-state index contributed by atoms with van der Waals surface area (Å²) < 4.78 is 0. The SMILES string of the molecule is CN1CN(c2[c-]cccc2)c2ccccc21.[CH3-].[Rh+2]. The minimum atomic E-state index is 0. The Morgan fingerprint density at radius 2 is 1.67 bits per heavy atom. The Balaban J connectivity index is 0.000000810. The van der Waals surface area contributed by atoms with Crippen molar-refractivity contribution in [1.82, 2.24) is 0 Å². The molecule has 0 fully saturated rings.